The topological polar surface area (TPSA) is 46.5 Å². The molecule has 0 amide bonds. The number of hydrogen-bond donors (Lipinski definition) is 1. The lowest BCUT2D eigenvalue weighted by Crippen LogP contribution is -2.08. The molecule has 2 rings (SSSR count). The lowest BCUT2D eigenvalue weighted by atomic mass is 10.0. The summed E-state index contributed by atoms with van der Waals surface area (Å²) in [6.07, 6.45) is -6.24. The molecule has 21 heavy (non-hydrogen) atoms. The average molecular weight is 300 g/mol. The van der Waals surface area contributed by atoms with E-state index in [1.165, 1.54) is 12.1 Å². The van der Waals surface area contributed by atoms with Crippen LogP contribution in [0.5, 0.6) is 5.75 Å². The van der Waals surface area contributed by atoms with E-state index in [0.717, 1.165) is 24.3 Å². The molecule has 0 aliphatic rings. The van der Waals surface area contributed by atoms with Crippen LogP contribution < -0.4 is 4.74 Å². The van der Waals surface area contributed by atoms with Crippen molar-refractivity contribution in [2.24, 2.45) is 0 Å². The molecule has 0 aliphatic heterocycles. The molecule has 0 aromatic heterocycles. The van der Waals surface area contributed by atoms with Crippen molar-refractivity contribution in [3.05, 3.63) is 53.8 Å². The molecule has 0 saturated heterocycles. The molecular weight excluding hydrogens is 292 g/mol. The molecule has 3 nitrogen and oxygen atoms in total. The lowest BCUT2D eigenvalue weighted by molar-refractivity contribution is -0.137. The second-order valence-corrected chi connectivity index (χ2v) is 4.08. The van der Waals surface area contributed by atoms with Crippen molar-refractivity contribution < 1.29 is 32.2 Å². The predicted molar refractivity (Wildman–Crippen MR) is 65.5 cm³/mol. The van der Waals surface area contributed by atoms with Gasteiger partial charge in [-0.05, 0) is 35.9 Å². The van der Waals surface area contributed by atoms with Crippen LogP contribution in [0.15, 0.2) is 42.5 Å². The third-order valence-corrected chi connectivity index (χ3v) is 2.66. The summed E-state index contributed by atoms with van der Waals surface area (Å²) in [6.45, 7) is 0. The van der Waals surface area contributed by atoms with Gasteiger partial charge < -0.3 is 9.84 Å². The molecule has 2 aromatic rings. The molecule has 0 spiro atoms. The average Bonchev–Trinajstić information content (AvgIpc) is 2.38. The van der Waals surface area contributed by atoms with Gasteiger partial charge in [-0.25, -0.2) is 9.18 Å². The Labute approximate surface area is 116 Å². The summed E-state index contributed by atoms with van der Waals surface area (Å²) in [6, 6.07) is 6.96. The van der Waals surface area contributed by atoms with Gasteiger partial charge in [0.05, 0.1) is 5.56 Å². The summed E-state index contributed by atoms with van der Waals surface area (Å²) in [5.41, 5.74) is -0.842. The van der Waals surface area contributed by atoms with E-state index in [1.54, 1.807) is 0 Å². The Morgan fingerprint density at radius 1 is 1.05 bits per heavy atom. The molecule has 0 unspecified atom stereocenters. The highest BCUT2D eigenvalue weighted by Gasteiger charge is 2.31. The minimum Gasteiger partial charge on any atom is -0.449 e. The zero-order chi connectivity index (χ0) is 15.6. The molecule has 0 radical (unpaired) electrons. The van der Waals surface area contributed by atoms with Crippen molar-refractivity contribution >= 4 is 6.16 Å². The second-order valence-electron chi connectivity index (χ2n) is 4.08. The summed E-state index contributed by atoms with van der Waals surface area (Å²) in [5.74, 6) is -0.825. The van der Waals surface area contributed by atoms with Gasteiger partial charge in [0, 0.05) is 5.56 Å². The van der Waals surface area contributed by atoms with Gasteiger partial charge in [-0.3, -0.25) is 0 Å². The van der Waals surface area contributed by atoms with Crippen LogP contribution in [0.25, 0.3) is 11.1 Å². The Hall–Kier alpha value is -2.57. The highest BCUT2D eigenvalue weighted by Crippen LogP contribution is 2.37. The number of ether oxygens (including phenoxy) is 1. The van der Waals surface area contributed by atoms with Gasteiger partial charge in [0.2, 0.25) is 0 Å². The Morgan fingerprint density at radius 3 is 2.19 bits per heavy atom. The molecule has 0 heterocycles. The fourth-order valence-electron chi connectivity index (χ4n) is 1.74. The first-order valence-electron chi connectivity index (χ1n) is 5.65. The molecule has 0 saturated carbocycles. The highest BCUT2D eigenvalue weighted by molar-refractivity contribution is 5.74. The van der Waals surface area contributed by atoms with Crippen molar-refractivity contribution in [3.63, 3.8) is 0 Å². The van der Waals surface area contributed by atoms with E-state index in [-0.39, 0.29) is 16.9 Å². The number of benzene rings is 2. The summed E-state index contributed by atoms with van der Waals surface area (Å²) >= 11 is 0. The van der Waals surface area contributed by atoms with Crippen LogP contribution in [0.2, 0.25) is 0 Å². The van der Waals surface area contributed by atoms with Crippen LogP contribution in [-0.4, -0.2) is 11.3 Å². The van der Waals surface area contributed by atoms with E-state index in [0.29, 0.717) is 6.07 Å². The third kappa shape index (κ3) is 3.50. The second kappa shape index (κ2) is 5.43. The van der Waals surface area contributed by atoms with E-state index in [1.807, 2.05) is 0 Å². The van der Waals surface area contributed by atoms with Crippen LogP contribution in [0.3, 0.4) is 0 Å². The van der Waals surface area contributed by atoms with E-state index in [2.05, 4.69) is 4.74 Å². The first kappa shape index (κ1) is 14.8. The Morgan fingerprint density at radius 2 is 1.67 bits per heavy atom. The van der Waals surface area contributed by atoms with Crippen molar-refractivity contribution in [3.8, 4) is 16.9 Å². The van der Waals surface area contributed by atoms with Gasteiger partial charge in [0.1, 0.15) is 11.6 Å². The smallest absolute Gasteiger partial charge is 0.449 e. The summed E-state index contributed by atoms with van der Waals surface area (Å²) in [5, 5.41) is 8.61. The van der Waals surface area contributed by atoms with Gasteiger partial charge in [0.15, 0.2) is 0 Å². The number of halogens is 4. The van der Waals surface area contributed by atoms with Gasteiger partial charge in [-0.15, -0.1) is 0 Å². The Balaban J connectivity index is 2.57. The van der Waals surface area contributed by atoms with Gasteiger partial charge in [0.25, 0.3) is 0 Å². The minimum absolute atomic E-state index is 0.0905. The number of carboxylic acid groups (broad SMARTS) is 1. The van der Waals surface area contributed by atoms with Gasteiger partial charge >= 0.3 is 12.3 Å². The van der Waals surface area contributed by atoms with Crippen molar-refractivity contribution in [1.29, 1.82) is 0 Å². The van der Waals surface area contributed by atoms with Crippen LogP contribution in [0.1, 0.15) is 5.56 Å². The van der Waals surface area contributed by atoms with Crippen LogP contribution in [0, 0.1) is 5.82 Å². The fourth-order valence-corrected chi connectivity index (χ4v) is 1.74. The third-order valence-electron chi connectivity index (χ3n) is 2.66. The van der Waals surface area contributed by atoms with E-state index in [9.17, 15) is 22.4 Å². The normalized spacial score (nSPS) is 11.2. The first-order valence-corrected chi connectivity index (χ1v) is 5.65. The van der Waals surface area contributed by atoms with Crippen LogP contribution in [-0.2, 0) is 6.18 Å². The molecule has 110 valence electrons. The maximum atomic E-state index is 12.9. The molecular formula is C14H8F4O3. The standard InChI is InChI=1S/C14H8F4O3/c15-10-4-1-8(2-5-10)11-7-9(14(16,17)18)3-6-12(11)21-13(19)20/h1-7H,(H,19,20). The quantitative estimate of drug-likeness (QED) is 0.502. The zero-order valence-electron chi connectivity index (χ0n) is 10.3. The lowest BCUT2D eigenvalue weighted by Gasteiger charge is -2.12. The summed E-state index contributed by atoms with van der Waals surface area (Å²) in [7, 11) is 0. The number of rotatable bonds is 2. The molecule has 7 heteroatoms. The van der Waals surface area contributed by atoms with Crippen LogP contribution >= 0.6 is 0 Å². The summed E-state index contributed by atoms with van der Waals surface area (Å²) < 4.78 is 55.5. The van der Waals surface area contributed by atoms with E-state index in [4.69, 9.17) is 5.11 Å². The predicted octanol–water partition coefficient (Wildman–Crippen LogP) is 4.57. The van der Waals surface area contributed by atoms with Crippen LogP contribution in [0.4, 0.5) is 22.4 Å². The van der Waals surface area contributed by atoms with Crippen molar-refractivity contribution in [2.75, 3.05) is 0 Å². The molecule has 1 N–H and O–H groups in total. The van der Waals surface area contributed by atoms with Gasteiger partial charge in [-0.1, -0.05) is 12.1 Å². The SMILES string of the molecule is O=C(O)Oc1ccc(C(F)(F)F)cc1-c1ccc(F)cc1. The first-order chi connectivity index (χ1) is 9.77. The molecule has 0 aliphatic carbocycles. The molecule has 2 aromatic carbocycles. The summed E-state index contributed by atoms with van der Waals surface area (Å²) in [4.78, 5) is 10.6. The van der Waals surface area contributed by atoms with E-state index >= 15 is 0 Å². The molecule has 0 fully saturated rings. The maximum absolute atomic E-state index is 12.9. The number of alkyl halides is 3. The largest absolute Gasteiger partial charge is 0.511 e. The molecule has 0 bridgehead atoms. The van der Waals surface area contributed by atoms with E-state index < -0.39 is 23.7 Å². The van der Waals surface area contributed by atoms with Gasteiger partial charge in [-0.2, -0.15) is 13.2 Å². The Kier molecular flexibility index (Phi) is 3.84. The number of carbonyl (C=O) groups is 1. The maximum Gasteiger partial charge on any atom is 0.511 e. The minimum atomic E-state index is -4.59. The zero-order valence-corrected chi connectivity index (χ0v) is 10.3. The van der Waals surface area contributed by atoms with Crippen molar-refractivity contribution in [2.45, 2.75) is 6.18 Å². The fraction of sp³-hybridized carbons (Fsp3) is 0.0714. The Bertz CT molecular complexity index is 663. The number of hydrogen-bond acceptors (Lipinski definition) is 2. The highest BCUT2D eigenvalue weighted by atomic mass is 19.4. The molecule has 0 atom stereocenters. The van der Waals surface area contributed by atoms with Crippen molar-refractivity contribution in [1.82, 2.24) is 0 Å². The monoisotopic (exact) mass is 300 g/mol.